The number of alkyl halides is 2. The zero-order chi connectivity index (χ0) is 12.1. The van der Waals surface area contributed by atoms with Crippen LogP contribution in [-0.4, -0.2) is 17.7 Å². The first-order valence-corrected chi connectivity index (χ1v) is 5.24. The fourth-order valence-corrected chi connectivity index (χ4v) is 1.73. The van der Waals surface area contributed by atoms with Gasteiger partial charge in [-0.3, -0.25) is 4.79 Å². The van der Waals surface area contributed by atoms with E-state index in [0.29, 0.717) is 10.0 Å². The van der Waals surface area contributed by atoms with Gasteiger partial charge in [-0.05, 0) is 34.0 Å². The molecule has 3 nitrogen and oxygen atoms in total. The highest BCUT2D eigenvalue weighted by Crippen LogP contribution is 2.30. The highest BCUT2D eigenvalue weighted by atomic mass is 79.9. The molecular weight excluding hydrogens is 286 g/mol. The lowest BCUT2D eigenvalue weighted by molar-refractivity contribution is -0.136. The summed E-state index contributed by atoms with van der Waals surface area (Å²) in [6, 6.07) is 4.59. The van der Waals surface area contributed by atoms with E-state index in [1.807, 2.05) is 0 Å². The first kappa shape index (κ1) is 12.9. The van der Waals surface area contributed by atoms with Gasteiger partial charge in [0.2, 0.25) is 0 Å². The largest absolute Gasteiger partial charge is 0.481 e. The molecule has 0 unspecified atom stereocenters. The lowest BCUT2D eigenvalue weighted by Crippen LogP contribution is -2.04. The maximum absolute atomic E-state index is 12.0. The van der Waals surface area contributed by atoms with Crippen LogP contribution in [0.1, 0.15) is 12.0 Å². The van der Waals surface area contributed by atoms with E-state index in [1.54, 1.807) is 12.1 Å². The maximum atomic E-state index is 12.0. The van der Waals surface area contributed by atoms with Crippen molar-refractivity contribution in [2.45, 2.75) is 19.5 Å². The fourth-order valence-electron chi connectivity index (χ4n) is 1.18. The summed E-state index contributed by atoms with van der Waals surface area (Å²) in [7, 11) is 0. The monoisotopic (exact) mass is 294 g/mol. The van der Waals surface area contributed by atoms with Crippen LogP contribution < -0.4 is 4.74 Å². The molecule has 1 aromatic carbocycles. The van der Waals surface area contributed by atoms with E-state index in [0.717, 1.165) is 0 Å². The second-order valence-corrected chi connectivity index (χ2v) is 3.79. The van der Waals surface area contributed by atoms with E-state index < -0.39 is 12.6 Å². The van der Waals surface area contributed by atoms with Gasteiger partial charge in [-0.15, -0.1) is 0 Å². The number of hydrogen-bond donors (Lipinski definition) is 1. The second-order valence-electron chi connectivity index (χ2n) is 3.00. The molecule has 6 heteroatoms. The van der Waals surface area contributed by atoms with Gasteiger partial charge in [0.1, 0.15) is 5.75 Å². The number of carboxylic acid groups (broad SMARTS) is 1. The second kappa shape index (κ2) is 5.79. The van der Waals surface area contributed by atoms with Gasteiger partial charge < -0.3 is 9.84 Å². The number of rotatable bonds is 5. The minimum absolute atomic E-state index is 0.0119. The molecule has 0 bridgehead atoms. The number of benzene rings is 1. The van der Waals surface area contributed by atoms with Crippen LogP contribution in [0.5, 0.6) is 5.75 Å². The molecule has 0 fully saturated rings. The van der Waals surface area contributed by atoms with E-state index in [2.05, 4.69) is 20.7 Å². The third-order valence-electron chi connectivity index (χ3n) is 1.87. The Morgan fingerprint density at radius 3 is 2.75 bits per heavy atom. The first-order chi connectivity index (χ1) is 7.50. The Balaban J connectivity index is 2.81. The Hall–Kier alpha value is -1.17. The molecule has 0 atom stereocenters. The van der Waals surface area contributed by atoms with Crippen LogP contribution >= 0.6 is 15.9 Å². The Bertz CT molecular complexity index is 382. The number of aryl methyl sites for hydroxylation is 1. The van der Waals surface area contributed by atoms with Gasteiger partial charge >= 0.3 is 12.6 Å². The third kappa shape index (κ3) is 3.77. The van der Waals surface area contributed by atoms with Crippen LogP contribution in [0.15, 0.2) is 22.7 Å². The normalized spacial score (nSPS) is 10.5. The van der Waals surface area contributed by atoms with Crippen molar-refractivity contribution >= 4 is 21.9 Å². The van der Waals surface area contributed by atoms with E-state index in [-0.39, 0.29) is 18.6 Å². The van der Waals surface area contributed by atoms with E-state index >= 15 is 0 Å². The molecule has 0 radical (unpaired) electrons. The van der Waals surface area contributed by atoms with Gasteiger partial charge in [0, 0.05) is 6.42 Å². The number of carbonyl (C=O) groups is 1. The number of ether oxygens (including phenoxy) is 1. The predicted octanol–water partition coefficient (Wildman–Crippen LogP) is 3.07. The molecule has 16 heavy (non-hydrogen) atoms. The Kier molecular flexibility index (Phi) is 4.67. The zero-order valence-corrected chi connectivity index (χ0v) is 9.71. The summed E-state index contributed by atoms with van der Waals surface area (Å²) in [5.41, 5.74) is 0.626. The van der Waals surface area contributed by atoms with Crippen molar-refractivity contribution in [1.29, 1.82) is 0 Å². The van der Waals surface area contributed by atoms with Crippen molar-refractivity contribution in [3.8, 4) is 5.75 Å². The van der Waals surface area contributed by atoms with E-state index in [9.17, 15) is 13.6 Å². The number of halogens is 3. The summed E-state index contributed by atoms with van der Waals surface area (Å²) >= 11 is 3.11. The highest BCUT2D eigenvalue weighted by Gasteiger charge is 2.11. The summed E-state index contributed by atoms with van der Waals surface area (Å²) in [5, 5.41) is 8.51. The van der Waals surface area contributed by atoms with Crippen LogP contribution in [0.3, 0.4) is 0 Å². The highest BCUT2D eigenvalue weighted by molar-refractivity contribution is 9.10. The number of hydrogen-bond acceptors (Lipinski definition) is 2. The van der Waals surface area contributed by atoms with Crippen LogP contribution in [0.25, 0.3) is 0 Å². The molecule has 0 aromatic heterocycles. The van der Waals surface area contributed by atoms with Gasteiger partial charge in [-0.25, -0.2) is 0 Å². The molecule has 0 aliphatic rings. The van der Waals surface area contributed by atoms with Crippen molar-refractivity contribution < 1.29 is 23.4 Å². The molecule has 0 saturated heterocycles. The standard InChI is InChI=1S/C10H9BrF2O3/c11-9-6(4-5-8(14)15)2-1-3-7(9)16-10(12)13/h1-3,10H,4-5H2,(H,14,15). The fraction of sp³-hybridized carbons (Fsp3) is 0.300. The first-order valence-electron chi connectivity index (χ1n) is 4.44. The van der Waals surface area contributed by atoms with E-state index in [4.69, 9.17) is 5.11 Å². The smallest absolute Gasteiger partial charge is 0.387 e. The molecule has 1 aromatic rings. The minimum atomic E-state index is -2.90. The predicted molar refractivity (Wildman–Crippen MR) is 56.7 cm³/mol. The molecule has 0 amide bonds. The topological polar surface area (TPSA) is 46.5 Å². The molecule has 0 heterocycles. The summed E-state index contributed by atoms with van der Waals surface area (Å²) in [5.74, 6) is -0.926. The van der Waals surface area contributed by atoms with E-state index in [1.165, 1.54) is 6.07 Å². The quantitative estimate of drug-likeness (QED) is 0.908. The van der Waals surface area contributed by atoms with Gasteiger partial charge in [0.05, 0.1) is 4.47 Å². The molecule has 0 aliphatic carbocycles. The molecule has 88 valence electrons. The molecule has 1 N–H and O–H groups in total. The Labute approximate surface area is 99.2 Å². The van der Waals surface area contributed by atoms with Crippen molar-refractivity contribution in [2.75, 3.05) is 0 Å². The molecule has 0 aliphatic heterocycles. The summed E-state index contributed by atoms with van der Waals surface area (Å²) < 4.78 is 28.7. The van der Waals surface area contributed by atoms with Gasteiger partial charge in [0.15, 0.2) is 0 Å². The maximum Gasteiger partial charge on any atom is 0.387 e. The summed E-state index contributed by atoms with van der Waals surface area (Å²) in [4.78, 5) is 10.4. The number of carboxylic acids is 1. The molecule has 0 saturated carbocycles. The Morgan fingerprint density at radius 1 is 1.50 bits per heavy atom. The zero-order valence-electron chi connectivity index (χ0n) is 8.12. The molecule has 0 spiro atoms. The summed E-state index contributed by atoms with van der Waals surface area (Å²) in [6.45, 7) is -2.90. The van der Waals surface area contributed by atoms with Crippen molar-refractivity contribution in [3.05, 3.63) is 28.2 Å². The van der Waals surface area contributed by atoms with Crippen LogP contribution in [0.4, 0.5) is 8.78 Å². The Morgan fingerprint density at radius 2 is 2.19 bits per heavy atom. The minimum Gasteiger partial charge on any atom is -0.481 e. The number of aliphatic carboxylic acids is 1. The SMILES string of the molecule is O=C(O)CCc1cccc(OC(F)F)c1Br. The van der Waals surface area contributed by atoms with Crippen molar-refractivity contribution in [1.82, 2.24) is 0 Å². The van der Waals surface area contributed by atoms with Crippen LogP contribution in [-0.2, 0) is 11.2 Å². The lowest BCUT2D eigenvalue weighted by Gasteiger charge is -2.09. The van der Waals surface area contributed by atoms with Gasteiger partial charge in [-0.1, -0.05) is 12.1 Å². The average molecular weight is 295 g/mol. The average Bonchev–Trinajstić information content (AvgIpc) is 2.18. The van der Waals surface area contributed by atoms with Crippen molar-refractivity contribution in [3.63, 3.8) is 0 Å². The van der Waals surface area contributed by atoms with Gasteiger partial charge in [0.25, 0.3) is 0 Å². The lowest BCUT2D eigenvalue weighted by atomic mass is 10.1. The van der Waals surface area contributed by atoms with Crippen molar-refractivity contribution in [2.24, 2.45) is 0 Å². The summed E-state index contributed by atoms with van der Waals surface area (Å²) in [6.07, 6.45) is 0.201. The van der Waals surface area contributed by atoms with Gasteiger partial charge in [-0.2, -0.15) is 8.78 Å². The van der Waals surface area contributed by atoms with Crippen LogP contribution in [0.2, 0.25) is 0 Å². The van der Waals surface area contributed by atoms with Crippen LogP contribution in [0, 0.1) is 0 Å². The molecular formula is C10H9BrF2O3. The third-order valence-corrected chi connectivity index (χ3v) is 2.77. The molecule has 1 rings (SSSR count).